The van der Waals surface area contributed by atoms with Crippen molar-refractivity contribution in [1.82, 2.24) is 10.3 Å². The van der Waals surface area contributed by atoms with Crippen LogP contribution in [0.3, 0.4) is 0 Å². The van der Waals surface area contributed by atoms with E-state index >= 15 is 0 Å². The molecule has 0 bridgehead atoms. The predicted octanol–water partition coefficient (Wildman–Crippen LogP) is 3.45. The Morgan fingerprint density at radius 1 is 1.21 bits per heavy atom. The van der Waals surface area contributed by atoms with E-state index in [1.165, 1.54) is 13.2 Å². The minimum absolute atomic E-state index is 0.0770. The fraction of sp³-hybridized carbons (Fsp3) is 0.111. The number of hydrogen-bond donors (Lipinski definition) is 1. The summed E-state index contributed by atoms with van der Waals surface area (Å²) in [5, 5.41) is 3.45. The summed E-state index contributed by atoms with van der Waals surface area (Å²) in [6.07, 6.45) is 1.67. The van der Waals surface area contributed by atoms with Gasteiger partial charge in [-0.3, -0.25) is 9.78 Å². The van der Waals surface area contributed by atoms with E-state index in [1.54, 1.807) is 30.5 Å². The van der Waals surface area contributed by atoms with Gasteiger partial charge in [-0.1, -0.05) is 12.1 Å². The molecule has 3 rings (SSSR count). The second kappa shape index (κ2) is 6.62. The Morgan fingerprint density at radius 3 is 2.83 bits per heavy atom. The Labute approximate surface area is 137 Å². The van der Waals surface area contributed by atoms with Crippen LogP contribution >= 0.6 is 0 Å². The van der Waals surface area contributed by atoms with Crippen molar-refractivity contribution >= 4 is 16.8 Å². The fourth-order valence-corrected chi connectivity index (χ4v) is 2.39. The molecule has 1 N–H and O–H groups in total. The zero-order chi connectivity index (χ0) is 17.1. The Balaban J connectivity index is 1.77. The molecule has 4 nitrogen and oxygen atoms in total. The number of methoxy groups -OCH3 is 1. The normalized spacial score (nSPS) is 10.6. The van der Waals surface area contributed by atoms with E-state index in [1.807, 2.05) is 6.07 Å². The molecule has 0 radical (unpaired) electrons. The number of amides is 1. The van der Waals surface area contributed by atoms with E-state index in [4.69, 9.17) is 0 Å². The monoisotopic (exact) mass is 328 g/mol. The number of carbonyl (C=O) groups is 1. The maximum absolute atomic E-state index is 14.1. The molecule has 0 atom stereocenters. The molecule has 0 spiro atoms. The summed E-state index contributed by atoms with van der Waals surface area (Å²) >= 11 is 0. The molecule has 0 unspecified atom stereocenters. The molecule has 24 heavy (non-hydrogen) atoms. The fourth-order valence-electron chi connectivity index (χ4n) is 2.39. The van der Waals surface area contributed by atoms with Crippen molar-refractivity contribution in [1.29, 1.82) is 0 Å². The summed E-state index contributed by atoms with van der Waals surface area (Å²) in [4.78, 5) is 16.4. The van der Waals surface area contributed by atoms with Crippen molar-refractivity contribution in [3.05, 3.63) is 71.4 Å². The summed E-state index contributed by atoms with van der Waals surface area (Å²) in [6, 6.07) is 11.1. The number of hydrogen-bond acceptors (Lipinski definition) is 3. The third-order valence-electron chi connectivity index (χ3n) is 3.64. The summed E-state index contributed by atoms with van der Waals surface area (Å²) < 4.78 is 32.1. The van der Waals surface area contributed by atoms with E-state index in [-0.39, 0.29) is 18.0 Å². The average Bonchev–Trinajstić information content (AvgIpc) is 2.61. The quantitative estimate of drug-likeness (QED) is 0.798. The van der Waals surface area contributed by atoms with Crippen LogP contribution < -0.4 is 10.1 Å². The van der Waals surface area contributed by atoms with E-state index in [0.717, 1.165) is 17.0 Å². The van der Waals surface area contributed by atoms with E-state index in [9.17, 15) is 13.6 Å². The molecule has 0 aliphatic rings. The second-order valence-electron chi connectivity index (χ2n) is 5.15. The highest BCUT2D eigenvalue weighted by Gasteiger charge is 2.15. The van der Waals surface area contributed by atoms with Gasteiger partial charge in [0.2, 0.25) is 0 Å². The number of halogens is 2. The number of ether oxygens (including phenoxy) is 1. The smallest absolute Gasteiger partial charge is 0.251 e. The maximum atomic E-state index is 14.1. The first-order valence-electron chi connectivity index (χ1n) is 7.24. The number of rotatable bonds is 4. The van der Waals surface area contributed by atoms with Crippen molar-refractivity contribution in [2.24, 2.45) is 0 Å². The van der Waals surface area contributed by atoms with Crippen LogP contribution in [0.5, 0.6) is 5.75 Å². The van der Waals surface area contributed by atoms with Gasteiger partial charge in [0.05, 0.1) is 12.6 Å². The average molecular weight is 328 g/mol. The van der Waals surface area contributed by atoms with Gasteiger partial charge in [-0.25, -0.2) is 8.78 Å². The SMILES string of the molecule is COc1c(F)ccc(CNC(=O)c2ccc3ncccc3c2)c1F. The van der Waals surface area contributed by atoms with E-state index in [0.29, 0.717) is 5.56 Å². The lowest BCUT2D eigenvalue weighted by atomic mass is 10.1. The van der Waals surface area contributed by atoms with Crippen molar-refractivity contribution in [3.63, 3.8) is 0 Å². The van der Waals surface area contributed by atoms with Gasteiger partial charge in [0, 0.05) is 29.3 Å². The molecule has 1 aromatic heterocycles. The van der Waals surface area contributed by atoms with Gasteiger partial charge < -0.3 is 10.1 Å². The van der Waals surface area contributed by atoms with Crippen molar-refractivity contribution in [3.8, 4) is 5.75 Å². The minimum Gasteiger partial charge on any atom is -0.491 e. The number of benzene rings is 2. The zero-order valence-electron chi connectivity index (χ0n) is 12.8. The topological polar surface area (TPSA) is 51.2 Å². The standard InChI is InChI=1S/C18H14F2N2O2/c1-24-17-14(19)6-4-13(16(17)20)10-22-18(23)12-5-7-15-11(9-12)3-2-8-21-15/h2-9H,10H2,1H3,(H,22,23). The molecule has 0 saturated heterocycles. The van der Waals surface area contributed by atoms with Gasteiger partial charge in [-0.15, -0.1) is 0 Å². The molecule has 122 valence electrons. The Morgan fingerprint density at radius 2 is 2.04 bits per heavy atom. The Kier molecular flexibility index (Phi) is 4.37. The van der Waals surface area contributed by atoms with Crippen LogP contribution in [0.15, 0.2) is 48.7 Å². The lowest BCUT2D eigenvalue weighted by Crippen LogP contribution is -2.23. The van der Waals surface area contributed by atoms with E-state index in [2.05, 4.69) is 15.0 Å². The highest BCUT2D eigenvalue weighted by molar-refractivity contribution is 5.97. The molecule has 0 fully saturated rings. The third kappa shape index (κ3) is 3.03. The Hall–Kier alpha value is -3.02. The Bertz CT molecular complexity index is 913. The van der Waals surface area contributed by atoms with Crippen LogP contribution in [0, 0.1) is 11.6 Å². The number of nitrogens with zero attached hydrogens (tertiary/aromatic N) is 1. The van der Waals surface area contributed by atoms with Crippen molar-refractivity contribution in [2.75, 3.05) is 7.11 Å². The first-order valence-corrected chi connectivity index (χ1v) is 7.24. The predicted molar refractivity (Wildman–Crippen MR) is 85.8 cm³/mol. The van der Waals surface area contributed by atoms with Crippen LogP contribution in [0.2, 0.25) is 0 Å². The summed E-state index contributed by atoms with van der Waals surface area (Å²) in [6.45, 7) is -0.0770. The van der Waals surface area contributed by atoms with Crippen LogP contribution in [-0.2, 0) is 6.54 Å². The van der Waals surface area contributed by atoms with E-state index < -0.39 is 17.4 Å². The molecule has 1 heterocycles. The number of pyridine rings is 1. The number of fused-ring (bicyclic) bond motifs is 1. The summed E-state index contributed by atoms with van der Waals surface area (Å²) in [7, 11) is 1.19. The third-order valence-corrected chi connectivity index (χ3v) is 3.64. The number of carbonyl (C=O) groups excluding carboxylic acids is 1. The van der Waals surface area contributed by atoms with Gasteiger partial charge in [0.1, 0.15) is 0 Å². The van der Waals surface area contributed by atoms with Crippen LogP contribution in [-0.4, -0.2) is 18.0 Å². The van der Waals surface area contributed by atoms with Gasteiger partial charge in [-0.05, 0) is 30.3 Å². The lowest BCUT2D eigenvalue weighted by molar-refractivity contribution is 0.0950. The molecular formula is C18H14F2N2O2. The van der Waals surface area contributed by atoms with Gasteiger partial charge in [0.25, 0.3) is 5.91 Å². The highest BCUT2D eigenvalue weighted by Crippen LogP contribution is 2.24. The van der Waals surface area contributed by atoms with Gasteiger partial charge in [0.15, 0.2) is 17.4 Å². The number of aromatic nitrogens is 1. The molecule has 0 aliphatic heterocycles. The highest BCUT2D eigenvalue weighted by atomic mass is 19.1. The summed E-state index contributed by atoms with van der Waals surface area (Å²) in [5.74, 6) is -2.42. The second-order valence-corrected chi connectivity index (χ2v) is 5.15. The van der Waals surface area contributed by atoms with Crippen LogP contribution in [0.4, 0.5) is 8.78 Å². The zero-order valence-corrected chi connectivity index (χ0v) is 12.8. The van der Waals surface area contributed by atoms with Gasteiger partial charge in [-0.2, -0.15) is 0 Å². The molecule has 6 heteroatoms. The molecule has 0 aliphatic carbocycles. The number of nitrogens with one attached hydrogen (secondary N) is 1. The first kappa shape index (κ1) is 15.9. The molecule has 2 aromatic carbocycles. The van der Waals surface area contributed by atoms with Crippen molar-refractivity contribution < 1.29 is 18.3 Å². The summed E-state index contributed by atoms with van der Waals surface area (Å²) in [5.41, 5.74) is 1.36. The molecular weight excluding hydrogens is 314 g/mol. The van der Waals surface area contributed by atoms with Crippen LogP contribution in [0.25, 0.3) is 10.9 Å². The minimum atomic E-state index is -0.819. The van der Waals surface area contributed by atoms with Gasteiger partial charge >= 0.3 is 0 Å². The first-order chi connectivity index (χ1) is 11.6. The largest absolute Gasteiger partial charge is 0.491 e. The van der Waals surface area contributed by atoms with Crippen molar-refractivity contribution in [2.45, 2.75) is 6.54 Å². The molecule has 3 aromatic rings. The maximum Gasteiger partial charge on any atom is 0.251 e. The molecule has 0 saturated carbocycles. The molecule has 1 amide bonds. The lowest BCUT2D eigenvalue weighted by Gasteiger charge is -2.10. The van der Waals surface area contributed by atoms with Crippen LogP contribution in [0.1, 0.15) is 15.9 Å².